The molecule has 0 bridgehead atoms. The molecule has 92 valence electrons. The molecule has 0 saturated heterocycles. The second kappa shape index (κ2) is 5.61. The second-order valence-electron chi connectivity index (χ2n) is 4.25. The van der Waals surface area contributed by atoms with Gasteiger partial charge >= 0.3 is 0 Å². The Kier molecular flexibility index (Phi) is 4.13. The van der Waals surface area contributed by atoms with E-state index in [1.165, 1.54) is 10.9 Å². The highest BCUT2D eigenvalue weighted by molar-refractivity contribution is 7.19. The molecule has 1 aromatic carbocycles. The molecule has 17 heavy (non-hydrogen) atoms. The third-order valence-electron chi connectivity index (χ3n) is 2.89. The fourth-order valence-corrected chi connectivity index (χ4v) is 3.21. The maximum Gasteiger partial charge on any atom is 0.124 e. The van der Waals surface area contributed by atoms with E-state index in [4.69, 9.17) is 0 Å². The first-order valence-corrected chi connectivity index (χ1v) is 6.98. The van der Waals surface area contributed by atoms with Gasteiger partial charge in [-0.05, 0) is 43.0 Å². The number of fused-ring (bicyclic) bond motifs is 1. The molecule has 2 aromatic rings. The van der Waals surface area contributed by atoms with Crippen LogP contribution in [0.1, 0.15) is 37.6 Å². The minimum absolute atomic E-state index is 0.152. The summed E-state index contributed by atoms with van der Waals surface area (Å²) in [6, 6.07) is 7.58. The Balaban J connectivity index is 2.27. The van der Waals surface area contributed by atoms with Crippen LogP contribution >= 0.6 is 11.3 Å². The van der Waals surface area contributed by atoms with Gasteiger partial charge in [0.05, 0.1) is 0 Å². The molecular weight excluding hydrogens is 233 g/mol. The smallest absolute Gasteiger partial charge is 0.124 e. The summed E-state index contributed by atoms with van der Waals surface area (Å²) >= 11 is 1.69. The highest BCUT2D eigenvalue weighted by Gasteiger charge is 2.11. The summed E-state index contributed by atoms with van der Waals surface area (Å²) in [7, 11) is 0. The van der Waals surface area contributed by atoms with Crippen LogP contribution in [0.4, 0.5) is 4.39 Å². The summed E-state index contributed by atoms with van der Waals surface area (Å²) in [5.41, 5.74) is 0. The van der Waals surface area contributed by atoms with Gasteiger partial charge in [-0.15, -0.1) is 11.3 Å². The fourth-order valence-electron chi connectivity index (χ4n) is 1.96. The van der Waals surface area contributed by atoms with Crippen LogP contribution in [-0.2, 0) is 0 Å². The van der Waals surface area contributed by atoms with Crippen molar-refractivity contribution in [3.05, 3.63) is 35.0 Å². The number of halogens is 1. The van der Waals surface area contributed by atoms with Crippen molar-refractivity contribution in [2.75, 3.05) is 6.54 Å². The first-order chi connectivity index (χ1) is 8.24. The lowest BCUT2D eigenvalue weighted by Gasteiger charge is -2.14. The van der Waals surface area contributed by atoms with Gasteiger partial charge in [-0.25, -0.2) is 4.39 Å². The lowest BCUT2D eigenvalue weighted by molar-refractivity contribution is 0.526. The molecule has 0 amide bonds. The van der Waals surface area contributed by atoms with Gasteiger partial charge in [-0.3, -0.25) is 0 Å². The molecule has 1 N–H and O–H groups in total. The van der Waals surface area contributed by atoms with Gasteiger partial charge in [0.1, 0.15) is 5.82 Å². The Morgan fingerprint density at radius 1 is 1.29 bits per heavy atom. The number of rotatable bonds is 5. The van der Waals surface area contributed by atoms with Crippen LogP contribution in [0.3, 0.4) is 0 Å². The van der Waals surface area contributed by atoms with E-state index in [2.05, 4.69) is 25.2 Å². The third kappa shape index (κ3) is 2.85. The molecule has 2 rings (SSSR count). The lowest BCUT2D eigenvalue weighted by Crippen LogP contribution is -2.20. The Bertz CT molecular complexity index is 492. The summed E-state index contributed by atoms with van der Waals surface area (Å²) in [4.78, 5) is 1.31. The predicted octanol–water partition coefficient (Wildman–Crippen LogP) is 4.49. The quantitative estimate of drug-likeness (QED) is 0.825. The largest absolute Gasteiger partial charge is 0.309 e. The fraction of sp³-hybridized carbons (Fsp3) is 0.429. The van der Waals surface area contributed by atoms with E-state index in [1.807, 2.05) is 6.07 Å². The molecule has 0 spiro atoms. The van der Waals surface area contributed by atoms with Gasteiger partial charge in [0.15, 0.2) is 0 Å². The molecule has 0 aliphatic heterocycles. The van der Waals surface area contributed by atoms with Crippen molar-refractivity contribution in [2.45, 2.75) is 32.7 Å². The normalized spacial score (nSPS) is 13.1. The van der Waals surface area contributed by atoms with Crippen molar-refractivity contribution in [1.29, 1.82) is 0 Å². The molecule has 0 radical (unpaired) electrons. The van der Waals surface area contributed by atoms with Gasteiger partial charge in [0.25, 0.3) is 0 Å². The SMILES string of the molecule is CCCNC(CC)c1cc2ccc(F)cc2s1. The Labute approximate surface area is 106 Å². The molecule has 1 atom stereocenters. The third-order valence-corrected chi connectivity index (χ3v) is 4.11. The molecule has 0 saturated carbocycles. The van der Waals surface area contributed by atoms with Crippen molar-refractivity contribution in [3.63, 3.8) is 0 Å². The maximum absolute atomic E-state index is 13.1. The predicted molar refractivity (Wildman–Crippen MR) is 73.1 cm³/mol. The van der Waals surface area contributed by atoms with Gasteiger partial charge in [-0.1, -0.05) is 19.9 Å². The molecular formula is C14H18FNS. The highest BCUT2D eigenvalue weighted by Crippen LogP contribution is 2.31. The van der Waals surface area contributed by atoms with Crippen LogP contribution in [-0.4, -0.2) is 6.54 Å². The van der Waals surface area contributed by atoms with Gasteiger partial charge in [0, 0.05) is 15.6 Å². The van der Waals surface area contributed by atoms with E-state index in [1.54, 1.807) is 17.4 Å². The summed E-state index contributed by atoms with van der Waals surface area (Å²) in [5, 5.41) is 4.67. The van der Waals surface area contributed by atoms with Crippen LogP contribution in [0.25, 0.3) is 10.1 Å². The van der Waals surface area contributed by atoms with E-state index >= 15 is 0 Å². The van der Waals surface area contributed by atoms with Crippen LogP contribution in [0.15, 0.2) is 24.3 Å². The highest BCUT2D eigenvalue weighted by atomic mass is 32.1. The Morgan fingerprint density at radius 3 is 2.82 bits per heavy atom. The molecule has 0 aliphatic carbocycles. The molecule has 1 nitrogen and oxygen atoms in total. The van der Waals surface area contributed by atoms with Crippen molar-refractivity contribution in [3.8, 4) is 0 Å². The molecule has 1 unspecified atom stereocenters. The van der Waals surface area contributed by atoms with Crippen molar-refractivity contribution < 1.29 is 4.39 Å². The summed E-state index contributed by atoms with van der Waals surface area (Å²) in [6.45, 7) is 5.37. The zero-order valence-electron chi connectivity index (χ0n) is 10.3. The topological polar surface area (TPSA) is 12.0 Å². The van der Waals surface area contributed by atoms with E-state index in [-0.39, 0.29) is 5.82 Å². The Morgan fingerprint density at radius 2 is 2.12 bits per heavy atom. The minimum Gasteiger partial charge on any atom is -0.309 e. The van der Waals surface area contributed by atoms with Crippen molar-refractivity contribution in [1.82, 2.24) is 5.32 Å². The molecule has 0 aliphatic rings. The molecule has 1 heterocycles. The average Bonchev–Trinajstić information content (AvgIpc) is 2.72. The second-order valence-corrected chi connectivity index (χ2v) is 5.36. The number of hydrogen-bond acceptors (Lipinski definition) is 2. The molecule has 1 aromatic heterocycles. The van der Waals surface area contributed by atoms with Crippen LogP contribution in [0.5, 0.6) is 0 Å². The number of nitrogens with one attached hydrogen (secondary N) is 1. The zero-order chi connectivity index (χ0) is 12.3. The first kappa shape index (κ1) is 12.5. The van der Waals surface area contributed by atoms with Crippen molar-refractivity contribution in [2.24, 2.45) is 0 Å². The lowest BCUT2D eigenvalue weighted by atomic mass is 10.1. The van der Waals surface area contributed by atoms with Gasteiger partial charge in [0.2, 0.25) is 0 Å². The van der Waals surface area contributed by atoms with E-state index < -0.39 is 0 Å². The summed E-state index contributed by atoms with van der Waals surface area (Å²) in [5.74, 6) is -0.152. The van der Waals surface area contributed by atoms with Crippen LogP contribution in [0.2, 0.25) is 0 Å². The minimum atomic E-state index is -0.152. The van der Waals surface area contributed by atoms with Crippen LogP contribution < -0.4 is 5.32 Å². The average molecular weight is 251 g/mol. The maximum atomic E-state index is 13.1. The van der Waals surface area contributed by atoms with Crippen LogP contribution in [0, 0.1) is 5.82 Å². The van der Waals surface area contributed by atoms with E-state index in [0.717, 1.165) is 29.5 Å². The Hall–Kier alpha value is -0.930. The standard InChI is InChI=1S/C14H18FNS/c1-3-7-16-12(4-2)14-8-10-5-6-11(15)9-13(10)17-14/h5-6,8-9,12,16H,3-4,7H2,1-2H3. The van der Waals surface area contributed by atoms with E-state index in [9.17, 15) is 4.39 Å². The molecule has 3 heteroatoms. The molecule has 0 fully saturated rings. The van der Waals surface area contributed by atoms with Crippen molar-refractivity contribution >= 4 is 21.4 Å². The summed E-state index contributed by atoms with van der Waals surface area (Å²) in [6.07, 6.45) is 2.20. The van der Waals surface area contributed by atoms with E-state index in [0.29, 0.717) is 6.04 Å². The number of thiophene rings is 1. The van der Waals surface area contributed by atoms with Gasteiger partial charge in [-0.2, -0.15) is 0 Å². The summed E-state index contributed by atoms with van der Waals surface area (Å²) < 4.78 is 14.2. The van der Waals surface area contributed by atoms with Gasteiger partial charge < -0.3 is 5.32 Å². The first-order valence-electron chi connectivity index (χ1n) is 6.17. The monoisotopic (exact) mass is 251 g/mol. The zero-order valence-corrected chi connectivity index (χ0v) is 11.1. The number of benzene rings is 1. The number of hydrogen-bond donors (Lipinski definition) is 1.